The molecule has 0 aromatic heterocycles. The van der Waals surface area contributed by atoms with Crippen LogP contribution in [0.25, 0.3) is 0 Å². The molecule has 2 rings (SSSR count). The zero-order chi connectivity index (χ0) is 15.5. The monoisotopic (exact) mass is 294 g/mol. The Labute approximate surface area is 130 Å². The van der Waals surface area contributed by atoms with Gasteiger partial charge in [-0.1, -0.05) is 69.0 Å². The molecule has 1 aliphatic rings. The fourth-order valence-corrected chi connectivity index (χ4v) is 3.88. The number of hydrogen-bond acceptors (Lipinski definition) is 0. The number of rotatable bonds is 6. The van der Waals surface area contributed by atoms with Gasteiger partial charge >= 0.3 is 0 Å². The predicted molar refractivity (Wildman–Crippen MR) is 96.3 cm³/mol. The smallest absolute Gasteiger partial charge is 0.0875 e. The number of hydrogen-bond donors (Lipinski definition) is 0. The molecular formula is C20H26Si. The Morgan fingerprint density at radius 3 is 2.33 bits per heavy atom. The summed E-state index contributed by atoms with van der Waals surface area (Å²) in [4.78, 5) is 0. The summed E-state index contributed by atoms with van der Waals surface area (Å²) >= 11 is 0. The minimum absolute atomic E-state index is 0.0212. The van der Waals surface area contributed by atoms with Gasteiger partial charge in [0, 0.05) is 11.0 Å². The molecule has 0 nitrogen and oxygen atoms in total. The molecule has 0 fully saturated rings. The Bertz CT molecular complexity index is 607. The Kier molecular flexibility index (Phi) is 4.56. The van der Waals surface area contributed by atoms with Crippen LogP contribution in [0.5, 0.6) is 0 Å². The van der Waals surface area contributed by atoms with Crippen molar-refractivity contribution in [1.82, 2.24) is 0 Å². The van der Waals surface area contributed by atoms with E-state index < -0.39 is 8.07 Å². The van der Waals surface area contributed by atoms with E-state index in [0.717, 1.165) is 12.8 Å². The first-order valence-corrected chi connectivity index (χ1v) is 11.2. The van der Waals surface area contributed by atoms with Crippen molar-refractivity contribution in [2.45, 2.75) is 44.8 Å². The third kappa shape index (κ3) is 3.37. The van der Waals surface area contributed by atoms with Crippen LogP contribution in [0.4, 0.5) is 0 Å². The average molecular weight is 295 g/mol. The van der Waals surface area contributed by atoms with E-state index in [-0.39, 0.29) is 5.41 Å². The maximum atomic E-state index is 3.89. The van der Waals surface area contributed by atoms with E-state index in [1.807, 2.05) is 6.08 Å². The van der Waals surface area contributed by atoms with Crippen LogP contribution in [-0.2, 0) is 5.41 Å². The SMILES string of the molecule is C=CCCC(C)(C1=C=C([Si](C)(C)C)C=C1)c1ccccc1. The maximum absolute atomic E-state index is 3.89. The van der Waals surface area contributed by atoms with Gasteiger partial charge in [-0.3, -0.25) is 0 Å². The fourth-order valence-electron chi connectivity index (χ4n) is 2.79. The Morgan fingerprint density at radius 1 is 1.14 bits per heavy atom. The van der Waals surface area contributed by atoms with E-state index in [1.54, 1.807) is 0 Å². The van der Waals surface area contributed by atoms with Gasteiger partial charge in [0.2, 0.25) is 0 Å². The van der Waals surface area contributed by atoms with Crippen molar-refractivity contribution in [2.75, 3.05) is 0 Å². The maximum Gasteiger partial charge on any atom is 0.0875 e. The highest BCUT2D eigenvalue weighted by atomic mass is 28.3. The molecule has 0 bridgehead atoms. The average Bonchev–Trinajstić information content (AvgIpc) is 2.96. The molecule has 1 aromatic rings. The second kappa shape index (κ2) is 6.05. The first kappa shape index (κ1) is 15.8. The molecule has 0 amide bonds. The summed E-state index contributed by atoms with van der Waals surface area (Å²) in [6.07, 6.45) is 8.68. The minimum Gasteiger partial charge on any atom is -0.117 e. The minimum atomic E-state index is -1.30. The van der Waals surface area contributed by atoms with E-state index >= 15 is 0 Å². The zero-order valence-electron chi connectivity index (χ0n) is 13.7. The molecule has 0 saturated heterocycles. The predicted octanol–water partition coefficient (Wildman–Crippen LogP) is 5.81. The van der Waals surface area contributed by atoms with Crippen LogP contribution in [-0.4, -0.2) is 8.07 Å². The quantitative estimate of drug-likeness (QED) is 0.353. The summed E-state index contributed by atoms with van der Waals surface area (Å²) in [7, 11) is -1.30. The highest BCUT2D eigenvalue weighted by Gasteiger charge is 2.31. The van der Waals surface area contributed by atoms with E-state index in [0.29, 0.717) is 0 Å². The molecule has 0 aliphatic heterocycles. The van der Waals surface area contributed by atoms with Crippen molar-refractivity contribution in [2.24, 2.45) is 0 Å². The van der Waals surface area contributed by atoms with Crippen LogP contribution < -0.4 is 0 Å². The summed E-state index contributed by atoms with van der Waals surface area (Å²) < 4.78 is 0. The summed E-state index contributed by atoms with van der Waals surface area (Å²) in [5.41, 5.74) is 6.45. The standard InChI is InChI=1S/C20H26Si/c1-6-7-15-20(2,17-11-9-8-10-12-17)18-13-14-19(16-18)21(3,4)5/h6,8-14H,1,7,15H2,2-5H3. The lowest BCUT2D eigenvalue weighted by Crippen LogP contribution is -2.23. The molecule has 1 heteroatoms. The van der Waals surface area contributed by atoms with E-state index in [2.05, 4.69) is 81.4 Å². The second-order valence-corrected chi connectivity index (χ2v) is 12.1. The molecule has 0 N–H and O–H groups in total. The lowest BCUT2D eigenvalue weighted by molar-refractivity contribution is 0.526. The largest absolute Gasteiger partial charge is 0.117 e. The summed E-state index contributed by atoms with van der Waals surface area (Å²) in [6, 6.07) is 10.8. The third-order valence-corrected chi connectivity index (χ3v) is 6.26. The van der Waals surface area contributed by atoms with E-state index in [9.17, 15) is 0 Å². The van der Waals surface area contributed by atoms with Crippen molar-refractivity contribution in [3.05, 3.63) is 77.2 Å². The first-order valence-electron chi connectivity index (χ1n) is 7.74. The molecule has 0 heterocycles. The third-order valence-electron chi connectivity index (χ3n) is 4.35. The zero-order valence-corrected chi connectivity index (χ0v) is 14.7. The van der Waals surface area contributed by atoms with Gasteiger partial charge in [-0.05, 0) is 29.7 Å². The highest BCUT2D eigenvalue weighted by Crippen LogP contribution is 2.39. The molecule has 1 aromatic carbocycles. The molecule has 0 saturated carbocycles. The van der Waals surface area contributed by atoms with Crippen LogP contribution in [0, 0.1) is 0 Å². The second-order valence-electron chi connectivity index (χ2n) is 7.06. The van der Waals surface area contributed by atoms with Crippen LogP contribution in [0.3, 0.4) is 0 Å². The number of benzene rings is 1. The molecule has 1 unspecified atom stereocenters. The number of allylic oxidation sites excluding steroid dienone is 4. The van der Waals surface area contributed by atoms with Crippen LogP contribution in [0.1, 0.15) is 25.3 Å². The Hall–Kier alpha value is -1.56. The molecule has 0 radical (unpaired) electrons. The van der Waals surface area contributed by atoms with Crippen molar-refractivity contribution in [1.29, 1.82) is 0 Å². The normalized spacial score (nSPS) is 17.1. The summed E-state index contributed by atoms with van der Waals surface area (Å²) in [5.74, 6) is 0. The van der Waals surface area contributed by atoms with Gasteiger partial charge in [0.1, 0.15) is 0 Å². The molecule has 21 heavy (non-hydrogen) atoms. The van der Waals surface area contributed by atoms with Gasteiger partial charge in [-0.15, -0.1) is 12.3 Å². The van der Waals surface area contributed by atoms with Crippen molar-refractivity contribution < 1.29 is 0 Å². The first-order chi connectivity index (χ1) is 9.88. The lowest BCUT2D eigenvalue weighted by atomic mass is 9.73. The summed E-state index contributed by atoms with van der Waals surface area (Å²) in [5, 5.41) is 1.43. The van der Waals surface area contributed by atoms with Gasteiger partial charge in [-0.25, -0.2) is 0 Å². The van der Waals surface area contributed by atoms with Crippen LogP contribution in [0.15, 0.2) is 71.6 Å². The van der Waals surface area contributed by atoms with Gasteiger partial charge in [0.05, 0.1) is 8.07 Å². The van der Waals surface area contributed by atoms with Crippen molar-refractivity contribution in [3.8, 4) is 0 Å². The van der Waals surface area contributed by atoms with Gasteiger partial charge in [-0.2, -0.15) is 0 Å². The lowest BCUT2D eigenvalue weighted by Gasteiger charge is -2.30. The molecule has 1 atom stereocenters. The fraction of sp³-hybridized carbons (Fsp3) is 0.350. The highest BCUT2D eigenvalue weighted by molar-refractivity contribution is 6.83. The topological polar surface area (TPSA) is 0 Å². The van der Waals surface area contributed by atoms with Crippen molar-refractivity contribution in [3.63, 3.8) is 0 Å². The summed E-state index contributed by atoms with van der Waals surface area (Å²) in [6.45, 7) is 13.4. The van der Waals surface area contributed by atoms with E-state index in [4.69, 9.17) is 0 Å². The van der Waals surface area contributed by atoms with Gasteiger partial charge in [0.25, 0.3) is 0 Å². The Morgan fingerprint density at radius 2 is 1.81 bits per heavy atom. The van der Waals surface area contributed by atoms with E-state index in [1.165, 1.54) is 16.3 Å². The molecule has 1 aliphatic carbocycles. The Balaban J connectivity index is 2.50. The van der Waals surface area contributed by atoms with Gasteiger partial charge < -0.3 is 0 Å². The van der Waals surface area contributed by atoms with Gasteiger partial charge in [0.15, 0.2) is 0 Å². The van der Waals surface area contributed by atoms with Crippen LogP contribution in [0.2, 0.25) is 19.6 Å². The van der Waals surface area contributed by atoms with Crippen molar-refractivity contribution >= 4 is 8.07 Å². The molecule has 110 valence electrons. The van der Waals surface area contributed by atoms with Crippen LogP contribution >= 0.6 is 0 Å². The molecular weight excluding hydrogens is 268 g/mol. The molecule has 0 spiro atoms.